The molecular weight excluding hydrogens is 222 g/mol. The molecule has 0 aliphatic heterocycles. The summed E-state index contributed by atoms with van der Waals surface area (Å²) in [6.07, 6.45) is 5.55. The lowest BCUT2D eigenvalue weighted by molar-refractivity contribution is 0.0248. The molecule has 1 aliphatic rings. The molecule has 3 unspecified atom stereocenters. The van der Waals surface area contributed by atoms with Gasteiger partial charge >= 0.3 is 0 Å². The highest BCUT2D eigenvalue weighted by Gasteiger charge is 2.19. The van der Waals surface area contributed by atoms with Gasteiger partial charge in [0, 0.05) is 5.69 Å². The Hall–Kier alpha value is -1.02. The molecule has 0 spiro atoms. The van der Waals surface area contributed by atoms with Gasteiger partial charge in [0.05, 0.1) is 12.7 Å². The summed E-state index contributed by atoms with van der Waals surface area (Å²) in [7, 11) is 0. The Morgan fingerprint density at radius 3 is 2.94 bits per heavy atom. The predicted octanol–water partition coefficient (Wildman–Crippen LogP) is 4.17. The molecule has 100 valence electrons. The van der Waals surface area contributed by atoms with E-state index in [1.54, 1.807) is 0 Å². The summed E-state index contributed by atoms with van der Waals surface area (Å²) >= 11 is 0. The molecule has 2 N–H and O–H groups in total. The molecule has 1 saturated carbocycles. The summed E-state index contributed by atoms with van der Waals surface area (Å²) in [5, 5.41) is 0. The summed E-state index contributed by atoms with van der Waals surface area (Å²) in [4.78, 5) is 0. The van der Waals surface area contributed by atoms with Crippen LogP contribution in [0.5, 0.6) is 0 Å². The van der Waals surface area contributed by atoms with Gasteiger partial charge in [-0.2, -0.15) is 0 Å². The normalized spacial score (nSPS) is 25.9. The SMILES string of the molecule is CC1CCCC(COC(C)c2cccc(N)c2)C1. The molecule has 2 heteroatoms. The van der Waals surface area contributed by atoms with Crippen molar-refractivity contribution in [3.05, 3.63) is 29.8 Å². The number of hydrogen-bond acceptors (Lipinski definition) is 2. The Balaban J connectivity index is 1.82. The molecule has 0 saturated heterocycles. The van der Waals surface area contributed by atoms with Crippen LogP contribution in [-0.4, -0.2) is 6.61 Å². The minimum absolute atomic E-state index is 0.144. The van der Waals surface area contributed by atoms with Crippen LogP contribution in [0.4, 0.5) is 5.69 Å². The molecule has 2 nitrogen and oxygen atoms in total. The second kappa shape index (κ2) is 6.24. The van der Waals surface area contributed by atoms with Crippen molar-refractivity contribution in [3.8, 4) is 0 Å². The van der Waals surface area contributed by atoms with Crippen molar-refractivity contribution < 1.29 is 4.74 Å². The number of rotatable bonds is 4. The van der Waals surface area contributed by atoms with E-state index in [1.807, 2.05) is 18.2 Å². The van der Waals surface area contributed by atoms with Gasteiger partial charge in [0.1, 0.15) is 0 Å². The van der Waals surface area contributed by atoms with Gasteiger partial charge in [-0.25, -0.2) is 0 Å². The zero-order valence-corrected chi connectivity index (χ0v) is 11.6. The fourth-order valence-corrected chi connectivity index (χ4v) is 2.90. The summed E-state index contributed by atoms with van der Waals surface area (Å²) in [5.41, 5.74) is 7.79. The average molecular weight is 247 g/mol. The number of hydrogen-bond donors (Lipinski definition) is 1. The molecule has 1 fully saturated rings. The lowest BCUT2D eigenvalue weighted by Gasteiger charge is -2.27. The van der Waals surface area contributed by atoms with Gasteiger partial charge in [-0.15, -0.1) is 0 Å². The molecule has 0 radical (unpaired) electrons. The standard InChI is InChI=1S/C16H25NO/c1-12-5-3-6-14(9-12)11-18-13(2)15-7-4-8-16(17)10-15/h4,7-8,10,12-14H,3,5-6,9,11,17H2,1-2H3. The minimum atomic E-state index is 0.144. The Labute approximate surface area is 111 Å². The molecule has 0 amide bonds. The Bertz CT molecular complexity index is 377. The maximum Gasteiger partial charge on any atom is 0.0797 e. The van der Waals surface area contributed by atoms with Crippen molar-refractivity contribution in [1.82, 2.24) is 0 Å². The zero-order chi connectivity index (χ0) is 13.0. The van der Waals surface area contributed by atoms with E-state index in [0.717, 1.165) is 24.1 Å². The average Bonchev–Trinajstić information content (AvgIpc) is 2.36. The smallest absolute Gasteiger partial charge is 0.0797 e. The van der Waals surface area contributed by atoms with Crippen molar-refractivity contribution in [2.24, 2.45) is 11.8 Å². The maximum absolute atomic E-state index is 6.02. The predicted molar refractivity (Wildman–Crippen MR) is 76.3 cm³/mol. The lowest BCUT2D eigenvalue weighted by Crippen LogP contribution is -2.19. The van der Waals surface area contributed by atoms with Crippen LogP contribution in [-0.2, 0) is 4.74 Å². The number of anilines is 1. The van der Waals surface area contributed by atoms with E-state index in [-0.39, 0.29) is 6.10 Å². The topological polar surface area (TPSA) is 35.2 Å². The monoisotopic (exact) mass is 247 g/mol. The summed E-state index contributed by atoms with van der Waals surface area (Å²) in [5.74, 6) is 1.62. The van der Waals surface area contributed by atoms with Crippen LogP contribution in [0.25, 0.3) is 0 Å². The maximum atomic E-state index is 6.02. The van der Waals surface area contributed by atoms with E-state index in [2.05, 4.69) is 19.9 Å². The number of ether oxygens (including phenoxy) is 1. The van der Waals surface area contributed by atoms with Crippen LogP contribution in [0.3, 0.4) is 0 Å². The van der Waals surface area contributed by atoms with Gasteiger partial charge in [-0.05, 0) is 49.3 Å². The first-order valence-corrected chi connectivity index (χ1v) is 7.12. The minimum Gasteiger partial charge on any atom is -0.399 e. The van der Waals surface area contributed by atoms with Crippen LogP contribution in [0.1, 0.15) is 51.2 Å². The van der Waals surface area contributed by atoms with Crippen molar-refractivity contribution in [1.29, 1.82) is 0 Å². The molecule has 2 rings (SSSR count). The fraction of sp³-hybridized carbons (Fsp3) is 0.625. The third-order valence-corrected chi connectivity index (χ3v) is 4.01. The van der Waals surface area contributed by atoms with Gasteiger partial charge in [0.2, 0.25) is 0 Å². The molecular formula is C16H25NO. The highest BCUT2D eigenvalue weighted by molar-refractivity contribution is 5.41. The van der Waals surface area contributed by atoms with Crippen LogP contribution in [0.15, 0.2) is 24.3 Å². The molecule has 18 heavy (non-hydrogen) atoms. The first kappa shape index (κ1) is 13.4. The molecule has 0 bridgehead atoms. The Morgan fingerprint density at radius 2 is 2.22 bits per heavy atom. The third-order valence-electron chi connectivity index (χ3n) is 4.01. The van der Waals surface area contributed by atoms with Gasteiger partial charge < -0.3 is 10.5 Å². The highest BCUT2D eigenvalue weighted by Crippen LogP contribution is 2.30. The molecule has 3 atom stereocenters. The lowest BCUT2D eigenvalue weighted by atomic mass is 9.83. The number of nitrogens with two attached hydrogens (primary N) is 1. The highest BCUT2D eigenvalue weighted by atomic mass is 16.5. The Morgan fingerprint density at radius 1 is 1.39 bits per heavy atom. The zero-order valence-electron chi connectivity index (χ0n) is 11.6. The van der Waals surface area contributed by atoms with E-state index >= 15 is 0 Å². The van der Waals surface area contributed by atoms with E-state index < -0.39 is 0 Å². The molecule has 0 aromatic heterocycles. The number of nitrogen functional groups attached to an aromatic ring is 1. The van der Waals surface area contributed by atoms with E-state index in [1.165, 1.54) is 31.2 Å². The van der Waals surface area contributed by atoms with E-state index in [4.69, 9.17) is 10.5 Å². The largest absolute Gasteiger partial charge is 0.399 e. The summed E-state index contributed by atoms with van der Waals surface area (Å²) < 4.78 is 6.02. The van der Waals surface area contributed by atoms with Gasteiger partial charge in [-0.3, -0.25) is 0 Å². The molecule has 1 aromatic rings. The van der Waals surface area contributed by atoms with Crippen molar-refractivity contribution in [2.75, 3.05) is 12.3 Å². The fourth-order valence-electron chi connectivity index (χ4n) is 2.90. The van der Waals surface area contributed by atoms with Crippen LogP contribution in [0.2, 0.25) is 0 Å². The van der Waals surface area contributed by atoms with Crippen molar-refractivity contribution in [2.45, 2.75) is 45.6 Å². The summed E-state index contributed by atoms with van der Waals surface area (Å²) in [6, 6.07) is 8.00. The second-order valence-electron chi connectivity index (χ2n) is 5.78. The third kappa shape index (κ3) is 3.74. The van der Waals surface area contributed by atoms with E-state index in [0.29, 0.717) is 0 Å². The van der Waals surface area contributed by atoms with Crippen LogP contribution < -0.4 is 5.73 Å². The molecule has 0 heterocycles. The number of benzene rings is 1. The first-order valence-electron chi connectivity index (χ1n) is 7.12. The Kier molecular flexibility index (Phi) is 4.65. The van der Waals surface area contributed by atoms with E-state index in [9.17, 15) is 0 Å². The summed E-state index contributed by atoms with van der Waals surface area (Å²) in [6.45, 7) is 5.36. The van der Waals surface area contributed by atoms with Gasteiger partial charge in [-0.1, -0.05) is 31.9 Å². The van der Waals surface area contributed by atoms with Gasteiger partial charge in [0.15, 0.2) is 0 Å². The first-order chi connectivity index (χ1) is 8.65. The molecule has 1 aliphatic carbocycles. The molecule has 1 aromatic carbocycles. The second-order valence-corrected chi connectivity index (χ2v) is 5.78. The van der Waals surface area contributed by atoms with Crippen LogP contribution >= 0.6 is 0 Å². The van der Waals surface area contributed by atoms with Gasteiger partial charge in [0.25, 0.3) is 0 Å². The van der Waals surface area contributed by atoms with Crippen molar-refractivity contribution in [3.63, 3.8) is 0 Å². The quantitative estimate of drug-likeness (QED) is 0.810. The van der Waals surface area contributed by atoms with Crippen LogP contribution in [0, 0.1) is 11.8 Å². The van der Waals surface area contributed by atoms with Crippen molar-refractivity contribution >= 4 is 5.69 Å².